The summed E-state index contributed by atoms with van der Waals surface area (Å²) in [7, 11) is 1.51. The maximum absolute atomic E-state index is 12.1. The molecule has 1 amide bonds. The minimum absolute atomic E-state index is 0.158. The van der Waals surface area contributed by atoms with Gasteiger partial charge in [-0.15, -0.1) is 0 Å². The quantitative estimate of drug-likeness (QED) is 0.859. The van der Waals surface area contributed by atoms with Gasteiger partial charge in [0.1, 0.15) is 11.8 Å². The number of carbonyl (C=O) groups is 1. The minimum atomic E-state index is -0.728. The Labute approximate surface area is 136 Å². The largest absolute Gasteiger partial charge is 0.455 e. The molecule has 0 aliphatic carbocycles. The van der Waals surface area contributed by atoms with Gasteiger partial charge >= 0.3 is 0 Å². The van der Waals surface area contributed by atoms with E-state index in [9.17, 15) is 4.79 Å². The Balaban J connectivity index is 2.23. The van der Waals surface area contributed by atoms with E-state index in [0.717, 1.165) is 16.9 Å². The first-order valence-electron chi connectivity index (χ1n) is 7.41. The summed E-state index contributed by atoms with van der Waals surface area (Å²) in [6.07, 6.45) is 0. The standard InChI is InChI=1S/C18H22N2O3/c1-12-7-6-8-13(2)17(12)23-16-10-5-4-9-15(16)20-18(21)14(19)11-22-3/h4-10,14H,11,19H2,1-3H3,(H,20,21). The van der Waals surface area contributed by atoms with Crippen LogP contribution >= 0.6 is 0 Å². The Kier molecular flexibility index (Phi) is 5.73. The fourth-order valence-electron chi connectivity index (χ4n) is 2.21. The summed E-state index contributed by atoms with van der Waals surface area (Å²) in [6.45, 7) is 4.13. The maximum atomic E-state index is 12.1. The lowest BCUT2D eigenvalue weighted by Crippen LogP contribution is -2.39. The van der Waals surface area contributed by atoms with E-state index in [0.29, 0.717) is 11.4 Å². The molecule has 0 radical (unpaired) electrons. The SMILES string of the molecule is COCC(N)C(=O)Nc1ccccc1Oc1c(C)cccc1C. The molecule has 0 bridgehead atoms. The number of carbonyl (C=O) groups excluding carboxylic acids is 1. The number of rotatable bonds is 6. The second-order valence-corrected chi connectivity index (χ2v) is 5.37. The number of aryl methyl sites for hydroxylation is 2. The summed E-state index contributed by atoms with van der Waals surface area (Å²) in [5.74, 6) is 1.04. The van der Waals surface area contributed by atoms with Gasteiger partial charge in [0.2, 0.25) is 5.91 Å². The predicted molar refractivity (Wildman–Crippen MR) is 90.9 cm³/mol. The van der Waals surface area contributed by atoms with Crippen molar-refractivity contribution in [2.24, 2.45) is 5.73 Å². The van der Waals surface area contributed by atoms with Gasteiger partial charge in [-0.05, 0) is 37.1 Å². The number of nitrogens with one attached hydrogen (secondary N) is 1. The molecule has 1 unspecified atom stereocenters. The van der Waals surface area contributed by atoms with Gasteiger partial charge in [0.25, 0.3) is 0 Å². The molecule has 0 saturated heterocycles. The first-order valence-corrected chi connectivity index (χ1v) is 7.41. The highest BCUT2D eigenvalue weighted by Crippen LogP contribution is 2.33. The van der Waals surface area contributed by atoms with Crippen molar-refractivity contribution < 1.29 is 14.3 Å². The third-order valence-electron chi connectivity index (χ3n) is 3.45. The van der Waals surface area contributed by atoms with E-state index in [2.05, 4.69) is 5.32 Å². The van der Waals surface area contributed by atoms with Gasteiger partial charge in [-0.25, -0.2) is 0 Å². The summed E-state index contributed by atoms with van der Waals surface area (Å²) in [6, 6.07) is 12.5. The van der Waals surface area contributed by atoms with Crippen LogP contribution in [0.1, 0.15) is 11.1 Å². The van der Waals surface area contributed by atoms with E-state index >= 15 is 0 Å². The van der Waals surface area contributed by atoms with Crippen LogP contribution in [0.25, 0.3) is 0 Å². The van der Waals surface area contributed by atoms with Gasteiger partial charge in [-0.1, -0.05) is 30.3 Å². The fraction of sp³-hybridized carbons (Fsp3) is 0.278. The summed E-state index contributed by atoms with van der Waals surface area (Å²) < 4.78 is 10.9. The zero-order valence-corrected chi connectivity index (χ0v) is 13.6. The number of para-hydroxylation sites is 3. The molecule has 23 heavy (non-hydrogen) atoms. The second kappa shape index (κ2) is 7.76. The fourth-order valence-corrected chi connectivity index (χ4v) is 2.21. The van der Waals surface area contributed by atoms with Gasteiger partial charge in [0, 0.05) is 7.11 Å². The number of benzene rings is 2. The lowest BCUT2D eigenvalue weighted by Gasteiger charge is -2.16. The van der Waals surface area contributed by atoms with Gasteiger partial charge in [-0.3, -0.25) is 4.79 Å². The highest BCUT2D eigenvalue weighted by Gasteiger charge is 2.16. The lowest BCUT2D eigenvalue weighted by molar-refractivity contribution is -0.118. The van der Waals surface area contributed by atoms with Crippen LogP contribution < -0.4 is 15.8 Å². The van der Waals surface area contributed by atoms with Gasteiger partial charge in [-0.2, -0.15) is 0 Å². The van der Waals surface area contributed by atoms with Crippen molar-refractivity contribution in [2.75, 3.05) is 19.0 Å². The molecule has 122 valence electrons. The molecule has 0 aromatic heterocycles. The van der Waals surface area contributed by atoms with Crippen molar-refractivity contribution in [2.45, 2.75) is 19.9 Å². The number of anilines is 1. The predicted octanol–water partition coefficient (Wildman–Crippen LogP) is 3.01. The third kappa shape index (κ3) is 4.31. The molecule has 1 atom stereocenters. The molecule has 5 heteroatoms. The molecule has 5 nitrogen and oxygen atoms in total. The van der Waals surface area contributed by atoms with E-state index in [1.807, 2.05) is 50.2 Å². The van der Waals surface area contributed by atoms with Crippen molar-refractivity contribution in [3.8, 4) is 11.5 Å². The van der Waals surface area contributed by atoms with Gasteiger partial charge < -0.3 is 20.5 Å². The number of amides is 1. The number of ether oxygens (including phenoxy) is 2. The van der Waals surface area contributed by atoms with Crippen molar-refractivity contribution in [3.05, 3.63) is 53.6 Å². The van der Waals surface area contributed by atoms with E-state index in [1.54, 1.807) is 6.07 Å². The van der Waals surface area contributed by atoms with Crippen molar-refractivity contribution in [1.29, 1.82) is 0 Å². The van der Waals surface area contributed by atoms with Crippen LogP contribution in [0.15, 0.2) is 42.5 Å². The molecule has 3 N–H and O–H groups in total. The Morgan fingerprint density at radius 1 is 1.13 bits per heavy atom. The van der Waals surface area contributed by atoms with Crippen LogP contribution in [-0.4, -0.2) is 25.7 Å². The monoisotopic (exact) mass is 314 g/mol. The Morgan fingerprint density at radius 2 is 1.78 bits per heavy atom. The van der Waals surface area contributed by atoms with Crippen molar-refractivity contribution >= 4 is 11.6 Å². The highest BCUT2D eigenvalue weighted by atomic mass is 16.5. The maximum Gasteiger partial charge on any atom is 0.243 e. The Hall–Kier alpha value is -2.37. The molecule has 0 fully saturated rings. The Morgan fingerprint density at radius 3 is 2.43 bits per heavy atom. The molecule has 2 aromatic rings. The average molecular weight is 314 g/mol. The van der Waals surface area contributed by atoms with E-state index < -0.39 is 6.04 Å². The lowest BCUT2D eigenvalue weighted by atomic mass is 10.1. The van der Waals surface area contributed by atoms with Gasteiger partial charge in [0.15, 0.2) is 5.75 Å². The third-order valence-corrected chi connectivity index (χ3v) is 3.45. The normalized spacial score (nSPS) is 11.8. The second-order valence-electron chi connectivity index (χ2n) is 5.37. The van der Waals surface area contributed by atoms with E-state index in [1.165, 1.54) is 7.11 Å². The number of nitrogens with two attached hydrogens (primary N) is 1. The molecule has 2 aromatic carbocycles. The smallest absolute Gasteiger partial charge is 0.243 e. The van der Waals surface area contributed by atoms with E-state index in [-0.39, 0.29) is 12.5 Å². The molecule has 0 aliphatic rings. The zero-order valence-electron chi connectivity index (χ0n) is 13.6. The molecule has 0 spiro atoms. The van der Waals surface area contributed by atoms with Crippen molar-refractivity contribution in [3.63, 3.8) is 0 Å². The Bertz CT molecular complexity index is 665. The summed E-state index contributed by atoms with van der Waals surface area (Å²) in [5.41, 5.74) is 8.38. The minimum Gasteiger partial charge on any atom is -0.455 e. The van der Waals surface area contributed by atoms with Gasteiger partial charge in [0.05, 0.1) is 12.3 Å². The molecule has 0 aliphatic heterocycles. The van der Waals surface area contributed by atoms with Crippen LogP contribution in [-0.2, 0) is 9.53 Å². The van der Waals surface area contributed by atoms with Crippen LogP contribution in [0.4, 0.5) is 5.69 Å². The van der Waals surface area contributed by atoms with Crippen LogP contribution in [0.5, 0.6) is 11.5 Å². The number of hydrogen-bond donors (Lipinski definition) is 2. The zero-order chi connectivity index (χ0) is 16.8. The topological polar surface area (TPSA) is 73.6 Å². The van der Waals surface area contributed by atoms with Crippen LogP contribution in [0.3, 0.4) is 0 Å². The number of methoxy groups -OCH3 is 1. The summed E-state index contributed by atoms with van der Waals surface area (Å²) in [4.78, 5) is 12.1. The van der Waals surface area contributed by atoms with Crippen molar-refractivity contribution in [1.82, 2.24) is 0 Å². The molecular weight excluding hydrogens is 292 g/mol. The van der Waals surface area contributed by atoms with Crippen LogP contribution in [0.2, 0.25) is 0 Å². The van der Waals surface area contributed by atoms with E-state index in [4.69, 9.17) is 15.2 Å². The molecule has 0 saturated carbocycles. The molecule has 2 rings (SSSR count). The number of hydrogen-bond acceptors (Lipinski definition) is 4. The first-order chi connectivity index (χ1) is 11.0. The van der Waals surface area contributed by atoms with Crippen LogP contribution in [0, 0.1) is 13.8 Å². The summed E-state index contributed by atoms with van der Waals surface area (Å²) in [5, 5.41) is 2.79. The summed E-state index contributed by atoms with van der Waals surface area (Å²) >= 11 is 0. The average Bonchev–Trinajstić information content (AvgIpc) is 2.52. The molecule has 0 heterocycles. The first kappa shape index (κ1) is 17.0. The molecular formula is C18H22N2O3. The highest BCUT2D eigenvalue weighted by molar-refractivity contribution is 5.96.